The van der Waals surface area contributed by atoms with Gasteiger partial charge in [-0.2, -0.15) is 0 Å². The molecule has 27 heavy (non-hydrogen) atoms. The number of carboxylic acids is 1. The van der Waals surface area contributed by atoms with E-state index in [-0.39, 0.29) is 31.1 Å². The first-order valence-corrected chi connectivity index (χ1v) is 10.3. The number of carboxylic acid groups (broad SMARTS) is 1. The average Bonchev–Trinajstić information content (AvgIpc) is 2.58. The smallest absolute Gasteiger partial charge is 0.330 e. The van der Waals surface area contributed by atoms with Crippen LogP contribution in [0.4, 0.5) is 0 Å². The number of amides is 1. The van der Waals surface area contributed by atoms with E-state index in [9.17, 15) is 14.7 Å². The summed E-state index contributed by atoms with van der Waals surface area (Å²) in [5, 5.41) is 12.6. The van der Waals surface area contributed by atoms with Gasteiger partial charge in [-0.15, -0.1) is 0 Å². The molecule has 2 fully saturated rings. The highest BCUT2D eigenvalue weighted by Gasteiger charge is 2.66. The van der Waals surface area contributed by atoms with E-state index < -0.39 is 16.9 Å². The van der Waals surface area contributed by atoms with E-state index in [1.54, 1.807) is 0 Å². The third-order valence-corrected chi connectivity index (χ3v) is 6.87. The van der Waals surface area contributed by atoms with E-state index in [4.69, 9.17) is 9.47 Å². The zero-order chi connectivity index (χ0) is 20.4. The number of carbonyl (C=O) groups is 2. The van der Waals surface area contributed by atoms with Crippen LogP contribution in [0.2, 0.25) is 0 Å². The molecule has 0 radical (unpaired) electrons. The number of nitrogens with one attached hydrogen (secondary N) is 1. The van der Waals surface area contributed by atoms with Gasteiger partial charge in [0.15, 0.2) is 0 Å². The lowest BCUT2D eigenvalue weighted by Gasteiger charge is -2.58. The first-order valence-electron chi connectivity index (χ1n) is 10.3. The van der Waals surface area contributed by atoms with E-state index in [2.05, 4.69) is 26.1 Å². The minimum Gasteiger partial charge on any atom is -0.479 e. The molecule has 0 heterocycles. The fourth-order valence-electron chi connectivity index (χ4n) is 4.80. The van der Waals surface area contributed by atoms with E-state index in [1.165, 1.54) is 6.42 Å². The summed E-state index contributed by atoms with van der Waals surface area (Å²) in [4.78, 5) is 24.6. The van der Waals surface area contributed by atoms with Crippen molar-refractivity contribution in [3.63, 3.8) is 0 Å². The molecule has 5 unspecified atom stereocenters. The zero-order valence-electron chi connectivity index (χ0n) is 17.7. The van der Waals surface area contributed by atoms with E-state index in [0.717, 1.165) is 12.8 Å². The lowest BCUT2D eigenvalue weighted by molar-refractivity contribution is -0.195. The quantitative estimate of drug-likeness (QED) is 0.672. The number of aliphatic carboxylic acids is 1. The monoisotopic (exact) mass is 383 g/mol. The second kappa shape index (κ2) is 8.48. The molecule has 0 aliphatic heterocycles. The molecular weight excluding hydrogens is 346 g/mol. The van der Waals surface area contributed by atoms with Crippen LogP contribution in [-0.4, -0.2) is 47.9 Å². The highest BCUT2D eigenvalue weighted by Crippen LogP contribution is 2.51. The average molecular weight is 384 g/mol. The van der Waals surface area contributed by atoms with Crippen LogP contribution in [0.3, 0.4) is 0 Å². The highest BCUT2D eigenvalue weighted by molar-refractivity contribution is 5.89. The molecule has 6 heteroatoms. The van der Waals surface area contributed by atoms with Crippen LogP contribution >= 0.6 is 0 Å². The molecule has 156 valence electrons. The van der Waals surface area contributed by atoms with Crippen molar-refractivity contribution in [2.24, 2.45) is 23.2 Å². The Morgan fingerprint density at radius 2 is 1.89 bits per heavy atom. The normalized spacial score (nSPS) is 35.5. The summed E-state index contributed by atoms with van der Waals surface area (Å²) >= 11 is 0. The van der Waals surface area contributed by atoms with Crippen LogP contribution in [0.15, 0.2) is 0 Å². The van der Waals surface area contributed by atoms with Gasteiger partial charge in [-0.1, -0.05) is 41.0 Å². The summed E-state index contributed by atoms with van der Waals surface area (Å²) in [5.74, 6) is 0.179. The Kier molecular flexibility index (Phi) is 6.96. The summed E-state index contributed by atoms with van der Waals surface area (Å²) in [6.45, 7) is 12.6. The van der Waals surface area contributed by atoms with E-state index in [0.29, 0.717) is 24.4 Å². The molecule has 0 aromatic rings. The van der Waals surface area contributed by atoms with E-state index >= 15 is 0 Å². The van der Waals surface area contributed by atoms with Crippen molar-refractivity contribution >= 4 is 11.9 Å². The summed E-state index contributed by atoms with van der Waals surface area (Å²) in [5.41, 5.74) is -1.98. The van der Waals surface area contributed by atoms with Gasteiger partial charge in [0.1, 0.15) is 12.1 Å². The second-order valence-corrected chi connectivity index (χ2v) is 9.30. The van der Waals surface area contributed by atoms with Gasteiger partial charge in [-0.25, -0.2) is 4.79 Å². The predicted octanol–water partition coefficient (Wildman–Crippen LogP) is 3.24. The molecule has 2 saturated carbocycles. The lowest BCUT2D eigenvalue weighted by atomic mass is 9.54. The Morgan fingerprint density at radius 1 is 1.22 bits per heavy atom. The lowest BCUT2D eigenvalue weighted by Crippen LogP contribution is -2.76. The molecule has 2 aliphatic rings. The van der Waals surface area contributed by atoms with Gasteiger partial charge in [-0.05, 0) is 37.5 Å². The standard InChI is InChI=1S/C21H37NO5/c1-7-26-17-11-21(19(24)25,20(17,5)6)22-18(23)12-27-16-10-14(4)8-9-15(16)13(2)3/h13-17H,7-12H2,1-6H3,(H,22,23)(H,24,25). The third kappa shape index (κ3) is 4.32. The van der Waals surface area contributed by atoms with Crippen LogP contribution in [0, 0.1) is 23.2 Å². The minimum atomic E-state index is -1.30. The second-order valence-electron chi connectivity index (χ2n) is 9.30. The molecule has 5 atom stereocenters. The van der Waals surface area contributed by atoms with E-state index in [1.807, 2.05) is 20.8 Å². The van der Waals surface area contributed by atoms with Crippen molar-refractivity contribution in [1.29, 1.82) is 0 Å². The number of hydrogen-bond donors (Lipinski definition) is 2. The molecule has 0 aromatic heterocycles. The maximum Gasteiger partial charge on any atom is 0.330 e. The maximum absolute atomic E-state index is 12.6. The first kappa shape index (κ1) is 22.2. The van der Waals surface area contributed by atoms with Crippen molar-refractivity contribution in [3.05, 3.63) is 0 Å². The van der Waals surface area contributed by atoms with Gasteiger partial charge in [0, 0.05) is 18.4 Å². The SMILES string of the molecule is CCOC1CC(NC(=O)COC2CC(C)CCC2C(C)C)(C(=O)O)C1(C)C. The maximum atomic E-state index is 12.6. The molecule has 2 aliphatic carbocycles. The van der Waals surface area contributed by atoms with Crippen LogP contribution in [0.1, 0.15) is 67.2 Å². The third-order valence-electron chi connectivity index (χ3n) is 6.87. The predicted molar refractivity (Wildman–Crippen MR) is 103 cm³/mol. The largest absolute Gasteiger partial charge is 0.479 e. The van der Waals surface area contributed by atoms with Gasteiger partial charge in [-0.3, -0.25) is 4.79 Å². The highest BCUT2D eigenvalue weighted by atomic mass is 16.5. The van der Waals surface area contributed by atoms with Gasteiger partial charge >= 0.3 is 5.97 Å². The van der Waals surface area contributed by atoms with Crippen LogP contribution in [-0.2, 0) is 19.1 Å². The zero-order valence-corrected chi connectivity index (χ0v) is 17.7. The van der Waals surface area contributed by atoms with Gasteiger partial charge in [0.05, 0.1) is 12.2 Å². The molecule has 1 amide bonds. The fourth-order valence-corrected chi connectivity index (χ4v) is 4.80. The number of ether oxygens (including phenoxy) is 2. The fraction of sp³-hybridized carbons (Fsp3) is 0.905. The topological polar surface area (TPSA) is 84.9 Å². The van der Waals surface area contributed by atoms with Gasteiger partial charge < -0.3 is 19.9 Å². The summed E-state index contributed by atoms with van der Waals surface area (Å²) in [6.07, 6.45) is 3.44. The molecule has 2 N–H and O–H groups in total. The summed E-state index contributed by atoms with van der Waals surface area (Å²) < 4.78 is 11.6. The van der Waals surface area contributed by atoms with Crippen LogP contribution < -0.4 is 5.32 Å². The summed E-state index contributed by atoms with van der Waals surface area (Å²) in [7, 11) is 0. The number of hydrogen-bond acceptors (Lipinski definition) is 4. The Balaban J connectivity index is 1.98. The first-order chi connectivity index (χ1) is 12.5. The number of rotatable bonds is 8. The molecular formula is C21H37NO5. The number of carbonyl (C=O) groups excluding carboxylic acids is 1. The molecule has 0 bridgehead atoms. The Morgan fingerprint density at radius 3 is 2.41 bits per heavy atom. The van der Waals surface area contributed by atoms with Gasteiger partial charge in [0.25, 0.3) is 0 Å². The molecule has 0 saturated heterocycles. The summed E-state index contributed by atoms with van der Waals surface area (Å²) in [6, 6.07) is 0. The van der Waals surface area contributed by atoms with Crippen molar-refractivity contribution < 1.29 is 24.2 Å². The van der Waals surface area contributed by atoms with Crippen molar-refractivity contribution in [2.45, 2.75) is 85.0 Å². The van der Waals surface area contributed by atoms with Gasteiger partial charge in [0.2, 0.25) is 5.91 Å². The molecule has 0 spiro atoms. The Hall–Kier alpha value is -1.14. The minimum absolute atomic E-state index is 0.0610. The van der Waals surface area contributed by atoms with Crippen LogP contribution in [0.25, 0.3) is 0 Å². The molecule has 0 aromatic carbocycles. The Labute approximate surface area is 163 Å². The van der Waals surface area contributed by atoms with Crippen molar-refractivity contribution in [2.75, 3.05) is 13.2 Å². The molecule has 6 nitrogen and oxygen atoms in total. The van der Waals surface area contributed by atoms with Crippen molar-refractivity contribution in [3.8, 4) is 0 Å². The molecule has 2 rings (SSSR count). The Bertz CT molecular complexity index is 547. The van der Waals surface area contributed by atoms with Crippen LogP contribution in [0.5, 0.6) is 0 Å². The van der Waals surface area contributed by atoms with Crippen molar-refractivity contribution in [1.82, 2.24) is 5.32 Å².